The maximum atomic E-state index is 7.77. The summed E-state index contributed by atoms with van der Waals surface area (Å²) in [5.74, 6) is 0.844. The Morgan fingerprint density at radius 3 is 2.46 bits per heavy atom. The van der Waals surface area contributed by atoms with E-state index in [-0.39, 0.29) is 0 Å². The molecule has 1 unspecified atom stereocenters. The molecule has 2 heteroatoms. The molecule has 1 atom stereocenters. The largest absolute Gasteiger partial charge is 0.358 e. The fraction of sp³-hybridized carbons (Fsp3) is 0.909. The minimum Gasteiger partial charge on any atom is -0.358 e. The van der Waals surface area contributed by atoms with Crippen molar-refractivity contribution in [1.29, 1.82) is 5.41 Å². The summed E-state index contributed by atoms with van der Waals surface area (Å²) in [7, 11) is 0. The molecule has 2 nitrogen and oxygen atoms in total. The maximum absolute atomic E-state index is 7.77. The molecule has 13 heavy (non-hydrogen) atoms. The summed E-state index contributed by atoms with van der Waals surface area (Å²) in [5, 5.41) is 7.77. The van der Waals surface area contributed by atoms with Crippen LogP contribution >= 0.6 is 0 Å². The molecule has 0 aromatic rings. The molecular formula is C11H22N2. The second kappa shape index (κ2) is 3.69. The summed E-state index contributed by atoms with van der Waals surface area (Å²) >= 11 is 0. The minimum absolute atomic E-state index is 0.377. The van der Waals surface area contributed by atoms with Gasteiger partial charge in [-0.1, -0.05) is 20.8 Å². The van der Waals surface area contributed by atoms with Gasteiger partial charge in [0.2, 0.25) is 0 Å². The van der Waals surface area contributed by atoms with E-state index in [0.717, 1.165) is 18.8 Å². The van der Waals surface area contributed by atoms with Gasteiger partial charge in [0.15, 0.2) is 0 Å². The first kappa shape index (κ1) is 10.6. The van der Waals surface area contributed by atoms with E-state index in [4.69, 9.17) is 5.41 Å². The van der Waals surface area contributed by atoms with Gasteiger partial charge in [-0.25, -0.2) is 0 Å². The zero-order valence-corrected chi connectivity index (χ0v) is 9.35. The summed E-state index contributed by atoms with van der Waals surface area (Å²) in [5.41, 5.74) is 0.377. The average Bonchev–Trinajstić information content (AvgIpc) is 2.30. The van der Waals surface area contributed by atoms with Crippen molar-refractivity contribution < 1.29 is 0 Å². The van der Waals surface area contributed by atoms with Crippen molar-refractivity contribution in [3.8, 4) is 0 Å². The Morgan fingerprint density at radius 2 is 2.08 bits per heavy atom. The Bertz CT molecular complexity index is 191. The first-order chi connectivity index (χ1) is 5.90. The van der Waals surface area contributed by atoms with Gasteiger partial charge in [0, 0.05) is 19.0 Å². The van der Waals surface area contributed by atoms with Crippen LogP contribution in [0.5, 0.6) is 0 Å². The zero-order valence-electron chi connectivity index (χ0n) is 9.35. The molecule has 1 rings (SSSR count). The van der Waals surface area contributed by atoms with Crippen molar-refractivity contribution in [3.05, 3.63) is 0 Å². The number of amidine groups is 1. The van der Waals surface area contributed by atoms with Crippen LogP contribution in [0.3, 0.4) is 0 Å². The third-order valence-electron chi connectivity index (χ3n) is 2.60. The topological polar surface area (TPSA) is 27.1 Å². The monoisotopic (exact) mass is 182 g/mol. The number of hydrogen-bond acceptors (Lipinski definition) is 1. The Morgan fingerprint density at radius 1 is 1.46 bits per heavy atom. The fourth-order valence-electron chi connectivity index (χ4n) is 2.18. The number of nitrogens with zero attached hydrogens (tertiary/aromatic N) is 1. The van der Waals surface area contributed by atoms with Crippen LogP contribution in [0.1, 0.15) is 47.0 Å². The Hall–Kier alpha value is -0.530. The van der Waals surface area contributed by atoms with Crippen molar-refractivity contribution in [2.75, 3.05) is 6.54 Å². The lowest BCUT2D eigenvalue weighted by molar-refractivity contribution is 0.246. The molecular weight excluding hydrogens is 160 g/mol. The van der Waals surface area contributed by atoms with Crippen molar-refractivity contribution in [1.82, 2.24) is 4.90 Å². The third-order valence-corrected chi connectivity index (χ3v) is 2.60. The van der Waals surface area contributed by atoms with E-state index >= 15 is 0 Å². The number of likely N-dealkylation sites (tertiary alicyclic amines) is 1. The van der Waals surface area contributed by atoms with Gasteiger partial charge in [0.25, 0.3) is 0 Å². The smallest absolute Gasteiger partial charge is 0.0960 e. The van der Waals surface area contributed by atoms with Gasteiger partial charge in [0.1, 0.15) is 0 Å². The lowest BCUT2D eigenvalue weighted by Gasteiger charge is -2.31. The van der Waals surface area contributed by atoms with Crippen LogP contribution in [0.2, 0.25) is 0 Å². The van der Waals surface area contributed by atoms with E-state index < -0.39 is 0 Å². The Kier molecular flexibility index (Phi) is 2.99. The van der Waals surface area contributed by atoms with Gasteiger partial charge >= 0.3 is 0 Å². The molecule has 0 spiro atoms. The van der Waals surface area contributed by atoms with Gasteiger partial charge in [-0.05, 0) is 25.2 Å². The predicted molar refractivity (Wildman–Crippen MR) is 57.2 cm³/mol. The van der Waals surface area contributed by atoms with Gasteiger partial charge in [-0.2, -0.15) is 0 Å². The van der Waals surface area contributed by atoms with Crippen LogP contribution < -0.4 is 0 Å². The van der Waals surface area contributed by atoms with Crippen LogP contribution in [0.15, 0.2) is 0 Å². The molecule has 0 aromatic heterocycles. The second-order valence-electron chi connectivity index (χ2n) is 5.36. The van der Waals surface area contributed by atoms with Gasteiger partial charge in [0.05, 0.1) is 5.84 Å². The highest BCUT2D eigenvalue weighted by atomic mass is 15.2. The van der Waals surface area contributed by atoms with E-state index in [9.17, 15) is 0 Å². The van der Waals surface area contributed by atoms with Gasteiger partial charge < -0.3 is 4.90 Å². The highest BCUT2D eigenvalue weighted by Gasteiger charge is 2.25. The molecule has 1 N–H and O–H groups in total. The van der Waals surface area contributed by atoms with Gasteiger partial charge in [-0.15, -0.1) is 0 Å². The highest BCUT2D eigenvalue weighted by Crippen LogP contribution is 2.25. The van der Waals surface area contributed by atoms with Crippen molar-refractivity contribution in [2.45, 2.75) is 53.0 Å². The van der Waals surface area contributed by atoms with E-state index in [1.54, 1.807) is 0 Å². The Balaban J connectivity index is 2.47. The summed E-state index contributed by atoms with van der Waals surface area (Å²) in [6.07, 6.45) is 3.33. The molecule has 0 aromatic carbocycles. The number of nitrogens with one attached hydrogen (secondary N) is 1. The first-order valence-electron chi connectivity index (χ1n) is 5.24. The van der Waals surface area contributed by atoms with E-state index in [1.807, 2.05) is 0 Å². The van der Waals surface area contributed by atoms with Crippen LogP contribution in [-0.2, 0) is 0 Å². The SMILES string of the molecule is CC(CC(C)(C)C)N1CCCC1=N. The molecule has 0 saturated carbocycles. The quantitative estimate of drug-likeness (QED) is 0.698. The molecule has 0 aliphatic carbocycles. The van der Waals surface area contributed by atoms with Crippen LogP contribution in [0.25, 0.3) is 0 Å². The highest BCUT2D eigenvalue weighted by molar-refractivity contribution is 5.81. The predicted octanol–water partition coefficient (Wildman–Crippen LogP) is 2.88. The maximum Gasteiger partial charge on any atom is 0.0960 e. The molecule has 0 radical (unpaired) electrons. The standard InChI is InChI=1S/C11H22N2/c1-9(8-11(2,3)4)13-7-5-6-10(13)12/h9,12H,5-8H2,1-4H3. The molecule has 0 bridgehead atoms. The van der Waals surface area contributed by atoms with Crippen molar-refractivity contribution in [2.24, 2.45) is 5.41 Å². The van der Waals surface area contributed by atoms with Crippen molar-refractivity contribution in [3.63, 3.8) is 0 Å². The zero-order chi connectivity index (χ0) is 10.1. The number of hydrogen-bond donors (Lipinski definition) is 1. The molecule has 1 aliphatic heterocycles. The average molecular weight is 182 g/mol. The molecule has 0 amide bonds. The number of rotatable bonds is 2. The summed E-state index contributed by atoms with van der Waals surface area (Å²) in [4.78, 5) is 2.26. The third kappa shape index (κ3) is 3.02. The van der Waals surface area contributed by atoms with Crippen LogP contribution in [0.4, 0.5) is 0 Å². The van der Waals surface area contributed by atoms with Crippen molar-refractivity contribution >= 4 is 5.84 Å². The van der Waals surface area contributed by atoms with E-state index in [1.165, 1.54) is 12.8 Å². The fourth-order valence-corrected chi connectivity index (χ4v) is 2.18. The molecule has 1 fully saturated rings. The van der Waals surface area contributed by atoms with E-state index in [0.29, 0.717) is 11.5 Å². The lowest BCUT2D eigenvalue weighted by Crippen LogP contribution is -2.36. The van der Waals surface area contributed by atoms with Crippen LogP contribution in [-0.4, -0.2) is 23.3 Å². The summed E-state index contributed by atoms with van der Waals surface area (Å²) in [6, 6.07) is 0.537. The Labute approximate surface area is 81.8 Å². The minimum atomic E-state index is 0.377. The summed E-state index contributed by atoms with van der Waals surface area (Å²) < 4.78 is 0. The molecule has 1 aliphatic rings. The molecule has 1 heterocycles. The van der Waals surface area contributed by atoms with Crippen LogP contribution in [0, 0.1) is 10.8 Å². The van der Waals surface area contributed by atoms with Gasteiger partial charge in [-0.3, -0.25) is 5.41 Å². The van der Waals surface area contributed by atoms with E-state index in [2.05, 4.69) is 32.6 Å². The second-order valence-corrected chi connectivity index (χ2v) is 5.36. The normalized spacial score (nSPS) is 20.9. The summed E-state index contributed by atoms with van der Waals surface area (Å²) in [6.45, 7) is 10.1. The molecule has 1 saturated heterocycles. The first-order valence-corrected chi connectivity index (χ1v) is 5.24. The molecule has 76 valence electrons. The lowest BCUT2D eigenvalue weighted by atomic mass is 9.88.